The topological polar surface area (TPSA) is 70.6 Å². The lowest BCUT2D eigenvalue weighted by molar-refractivity contribution is 0.167. The fourth-order valence-corrected chi connectivity index (χ4v) is 2.70. The molecule has 122 valence electrons. The molecule has 0 atom stereocenters. The number of amides is 2. The second-order valence-electron chi connectivity index (χ2n) is 6.46. The minimum Gasteiger partial charge on any atom is -0.493 e. The smallest absolute Gasteiger partial charge is 0.319 e. The standard InChI is InChI=1S/C17H26N2O3/c1-13(2)11-22-15-7-5-6-14(10-15)18-16(21)19-17(12-20)8-3-4-9-17/h5-7,10,13,20H,3-4,8-9,11-12H2,1-2H3,(H2,18,19,21). The van der Waals surface area contributed by atoms with Gasteiger partial charge in [0.25, 0.3) is 0 Å². The third kappa shape index (κ3) is 4.63. The average molecular weight is 306 g/mol. The molecule has 1 saturated carbocycles. The minimum atomic E-state index is -0.462. The maximum Gasteiger partial charge on any atom is 0.319 e. The van der Waals surface area contributed by atoms with Crippen LogP contribution < -0.4 is 15.4 Å². The first-order chi connectivity index (χ1) is 10.5. The van der Waals surface area contributed by atoms with Crippen molar-refractivity contribution in [1.29, 1.82) is 0 Å². The summed E-state index contributed by atoms with van der Waals surface area (Å²) in [7, 11) is 0. The van der Waals surface area contributed by atoms with Crippen molar-refractivity contribution in [2.45, 2.75) is 45.1 Å². The van der Waals surface area contributed by atoms with Crippen molar-refractivity contribution < 1.29 is 14.6 Å². The molecule has 0 radical (unpaired) electrons. The predicted octanol–water partition coefficient (Wildman–Crippen LogP) is 3.15. The molecule has 2 rings (SSSR count). The third-order valence-electron chi connectivity index (χ3n) is 3.92. The zero-order valence-electron chi connectivity index (χ0n) is 13.4. The number of anilines is 1. The molecule has 0 unspecified atom stereocenters. The maximum atomic E-state index is 12.1. The Morgan fingerprint density at radius 2 is 2.09 bits per heavy atom. The molecule has 22 heavy (non-hydrogen) atoms. The van der Waals surface area contributed by atoms with Crippen LogP contribution in [0.3, 0.4) is 0 Å². The van der Waals surface area contributed by atoms with Gasteiger partial charge in [-0.1, -0.05) is 32.8 Å². The van der Waals surface area contributed by atoms with Crippen LogP contribution in [0.25, 0.3) is 0 Å². The molecule has 0 spiro atoms. The number of aliphatic hydroxyl groups excluding tert-OH is 1. The van der Waals surface area contributed by atoms with E-state index >= 15 is 0 Å². The van der Waals surface area contributed by atoms with Crippen molar-refractivity contribution in [1.82, 2.24) is 5.32 Å². The van der Waals surface area contributed by atoms with E-state index in [0.717, 1.165) is 31.4 Å². The van der Waals surface area contributed by atoms with Gasteiger partial charge in [0.1, 0.15) is 5.75 Å². The number of carbonyl (C=O) groups is 1. The lowest BCUT2D eigenvalue weighted by Crippen LogP contribution is -2.50. The summed E-state index contributed by atoms with van der Waals surface area (Å²) in [5.74, 6) is 1.19. The number of carbonyl (C=O) groups excluding carboxylic acids is 1. The van der Waals surface area contributed by atoms with Crippen molar-refractivity contribution in [3.05, 3.63) is 24.3 Å². The van der Waals surface area contributed by atoms with Crippen LogP contribution in [0.5, 0.6) is 5.75 Å². The van der Waals surface area contributed by atoms with Crippen molar-refractivity contribution in [3.63, 3.8) is 0 Å². The molecule has 0 aliphatic heterocycles. The zero-order chi connectivity index (χ0) is 16.0. The molecule has 1 fully saturated rings. The van der Waals surface area contributed by atoms with Crippen molar-refractivity contribution in [2.24, 2.45) is 5.92 Å². The molecule has 0 bridgehead atoms. The van der Waals surface area contributed by atoms with Gasteiger partial charge < -0.3 is 20.5 Å². The van der Waals surface area contributed by atoms with Crippen LogP contribution in [0.4, 0.5) is 10.5 Å². The van der Waals surface area contributed by atoms with E-state index in [9.17, 15) is 9.90 Å². The summed E-state index contributed by atoms with van der Waals surface area (Å²) in [5, 5.41) is 15.3. The highest BCUT2D eigenvalue weighted by molar-refractivity contribution is 5.90. The number of hydrogen-bond acceptors (Lipinski definition) is 3. The number of aliphatic hydroxyl groups is 1. The van der Waals surface area contributed by atoms with E-state index in [1.165, 1.54) is 0 Å². The van der Waals surface area contributed by atoms with Crippen LogP contribution in [0.1, 0.15) is 39.5 Å². The summed E-state index contributed by atoms with van der Waals surface area (Å²) in [6.45, 7) is 4.80. The molecule has 2 amide bonds. The number of hydrogen-bond donors (Lipinski definition) is 3. The van der Waals surface area contributed by atoms with Gasteiger partial charge >= 0.3 is 6.03 Å². The normalized spacial score (nSPS) is 16.5. The van der Waals surface area contributed by atoms with Gasteiger partial charge in [0.15, 0.2) is 0 Å². The zero-order valence-corrected chi connectivity index (χ0v) is 13.4. The molecule has 0 heterocycles. The highest BCUT2D eigenvalue weighted by Gasteiger charge is 2.34. The molecule has 0 saturated heterocycles. The van der Waals surface area contributed by atoms with E-state index in [2.05, 4.69) is 24.5 Å². The average Bonchev–Trinajstić information content (AvgIpc) is 2.94. The van der Waals surface area contributed by atoms with Crippen molar-refractivity contribution >= 4 is 11.7 Å². The van der Waals surface area contributed by atoms with Crippen LogP contribution in [0, 0.1) is 5.92 Å². The lowest BCUT2D eigenvalue weighted by atomic mass is 9.99. The van der Waals surface area contributed by atoms with Gasteiger partial charge in [-0.25, -0.2) is 4.79 Å². The van der Waals surface area contributed by atoms with Crippen LogP contribution in [0.2, 0.25) is 0 Å². The SMILES string of the molecule is CC(C)COc1cccc(NC(=O)NC2(CO)CCCC2)c1. The van der Waals surface area contributed by atoms with Gasteiger partial charge in [-0.15, -0.1) is 0 Å². The minimum absolute atomic E-state index is 0.0159. The third-order valence-corrected chi connectivity index (χ3v) is 3.92. The number of nitrogens with one attached hydrogen (secondary N) is 2. The molecule has 1 aliphatic rings. The Bertz CT molecular complexity index is 496. The Morgan fingerprint density at radius 3 is 2.73 bits per heavy atom. The Morgan fingerprint density at radius 1 is 1.36 bits per heavy atom. The first-order valence-electron chi connectivity index (χ1n) is 7.96. The molecule has 5 nitrogen and oxygen atoms in total. The fraction of sp³-hybridized carbons (Fsp3) is 0.588. The largest absolute Gasteiger partial charge is 0.493 e. The maximum absolute atomic E-state index is 12.1. The molecule has 0 aromatic heterocycles. The van der Waals surface area contributed by atoms with Crippen LogP contribution in [0.15, 0.2) is 24.3 Å². The summed E-state index contributed by atoms with van der Waals surface area (Å²) in [4.78, 5) is 12.1. The summed E-state index contributed by atoms with van der Waals surface area (Å²) in [6, 6.07) is 7.07. The van der Waals surface area contributed by atoms with E-state index in [4.69, 9.17) is 4.74 Å². The Hall–Kier alpha value is -1.75. The van der Waals surface area contributed by atoms with Gasteiger partial charge in [0.2, 0.25) is 0 Å². The van der Waals surface area contributed by atoms with Crippen molar-refractivity contribution in [2.75, 3.05) is 18.5 Å². The number of urea groups is 1. The molecule has 3 N–H and O–H groups in total. The first-order valence-corrected chi connectivity index (χ1v) is 7.96. The molecular weight excluding hydrogens is 280 g/mol. The fourth-order valence-electron chi connectivity index (χ4n) is 2.70. The van der Waals surface area contributed by atoms with Crippen LogP contribution in [-0.2, 0) is 0 Å². The first kappa shape index (κ1) is 16.6. The molecule has 5 heteroatoms. The monoisotopic (exact) mass is 306 g/mol. The van der Waals surface area contributed by atoms with E-state index in [0.29, 0.717) is 18.2 Å². The van der Waals surface area contributed by atoms with Gasteiger partial charge in [-0.3, -0.25) is 0 Å². The van der Waals surface area contributed by atoms with Gasteiger partial charge in [0, 0.05) is 11.8 Å². The second-order valence-corrected chi connectivity index (χ2v) is 6.46. The van der Waals surface area contributed by atoms with E-state index < -0.39 is 5.54 Å². The second kappa shape index (κ2) is 7.49. The van der Waals surface area contributed by atoms with Gasteiger partial charge in [0.05, 0.1) is 18.8 Å². The van der Waals surface area contributed by atoms with Gasteiger partial charge in [-0.2, -0.15) is 0 Å². The highest BCUT2D eigenvalue weighted by atomic mass is 16.5. The van der Waals surface area contributed by atoms with Gasteiger partial charge in [-0.05, 0) is 30.9 Å². The Labute approximate surface area is 132 Å². The molecular formula is C17H26N2O3. The summed E-state index contributed by atoms with van der Waals surface area (Å²) in [5.41, 5.74) is 0.223. The van der Waals surface area contributed by atoms with E-state index in [1.54, 1.807) is 0 Å². The summed E-state index contributed by atoms with van der Waals surface area (Å²) in [6.07, 6.45) is 3.74. The van der Waals surface area contributed by atoms with E-state index in [1.807, 2.05) is 24.3 Å². The molecule has 1 aromatic carbocycles. The number of ether oxygens (including phenoxy) is 1. The predicted molar refractivity (Wildman–Crippen MR) is 87.2 cm³/mol. The quantitative estimate of drug-likeness (QED) is 0.756. The number of rotatable bonds is 6. The van der Waals surface area contributed by atoms with Crippen LogP contribution >= 0.6 is 0 Å². The summed E-state index contributed by atoms with van der Waals surface area (Å²) < 4.78 is 5.65. The van der Waals surface area contributed by atoms with Crippen LogP contribution in [-0.4, -0.2) is 29.9 Å². The molecule has 1 aromatic rings. The Kier molecular flexibility index (Phi) is 5.66. The van der Waals surface area contributed by atoms with Crippen molar-refractivity contribution in [3.8, 4) is 5.75 Å². The lowest BCUT2D eigenvalue weighted by Gasteiger charge is -2.28. The molecule has 1 aliphatic carbocycles. The van der Waals surface area contributed by atoms with E-state index in [-0.39, 0.29) is 12.6 Å². The highest BCUT2D eigenvalue weighted by Crippen LogP contribution is 2.29. The number of benzene rings is 1. The summed E-state index contributed by atoms with van der Waals surface area (Å²) >= 11 is 0. The Balaban J connectivity index is 1.92.